The molecule has 5 heteroatoms. The molecule has 0 atom stereocenters. The van der Waals surface area contributed by atoms with E-state index in [9.17, 15) is 4.79 Å². The number of ether oxygens (including phenoxy) is 1. The molecule has 2 aromatic heterocycles. The zero-order valence-electron chi connectivity index (χ0n) is 15.0. The minimum Gasteiger partial charge on any atom is -0.494 e. The lowest BCUT2D eigenvalue weighted by Crippen LogP contribution is -2.15. The van der Waals surface area contributed by atoms with E-state index in [1.807, 2.05) is 42.5 Å². The van der Waals surface area contributed by atoms with E-state index in [-0.39, 0.29) is 5.56 Å². The SMILES string of the molecule is O=c1ccc2ccc(OCCCCNCc3cc4ccccc4o3)cc2[nH]1. The van der Waals surface area contributed by atoms with Crippen molar-refractivity contribution in [3.05, 3.63) is 76.8 Å². The number of aromatic amines is 1. The molecular weight excluding hydrogens is 340 g/mol. The number of para-hydroxylation sites is 1. The van der Waals surface area contributed by atoms with Crippen molar-refractivity contribution in [1.82, 2.24) is 10.3 Å². The van der Waals surface area contributed by atoms with E-state index in [0.29, 0.717) is 6.61 Å². The highest BCUT2D eigenvalue weighted by atomic mass is 16.5. The number of benzene rings is 2. The Bertz CT molecular complexity index is 1060. The van der Waals surface area contributed by atoms with Gasteiger partial charge in [-0.1, -0.05) is 18.2 Å². The van der Waals surface area contributed by atoms with Crippen LogP contribution in [0, 0.1) is 0 Å². The second-order valence-electron chi connectivity index (χ2n) is 6.55. The fourth-order valence-electron chi connectivity index (χ4n) is 3.10. The molecule has 0 saturated heterocycles. The van der Waals surface area contributed by atoms with Gasteiger partial charge >= 0.3 is 0 Å². The smallest absolute Gasteiger partial charge is 0.248 e. The molecule has 2 heterocycles. The molecule has 2 N–H and O–H groups in total. The summed E-state index contributed by atoms with van der Waals surface area (Å²) in [6.45, 7) is 2.29. The van der Waals surface area contributed by atoms with Crippen LogP contribution in [0.5, 0.6) is 5.75 Å². The quantitative estimate of drug-likeness (QED) is 0.461. The summed E-state index contributed by atoms with van der Waals surface area (Å²) in [5, 5.41) is 5.54. The summed E-state index contributed by atoms with van der Waals surface area (Å²) in [4.78, 5) is 14.2. The molecule has 0 saturated carbocycles. The molecule has 138 valence electrons. The molecule has 27 heavy (non-hydrogen) atoms. The van der Waals surface area contributed by atoms with Crippen molar-refractivity contribution >= 4 is 21.9 Å². The summed E-state index contributed by atoms with van der Waals surface area (Å²) in [5.41, 5.74) is 1.63. The Kier molecular flexibility index (Phi) is 5.21. The Balaban J connectivity index is 1.18. The van der Waals surface area contributed by atoms with E-state index < -0.39 is 0 Å². The van der Waals surface area contributed by atoms with Crippen molar-refractivity contribution in [2.75, 3.05) is 13.2 Å². The van der Waals surface area contributed by atoms with Gasteiger partial charge in [-0.2, -0.15) is 0 Å². The first-order valence-corrected chi connectivity index (χ1v) is 9.22. The van der Waals surface area contributed by atoms with Gasteiger partial charge < -0.3 is 19.5 Å². The molecule has 0 amide bonds. The van der Waals surface area contributed by atoms with Crippen molar-refractivity contribution in [3.63, 3.8) is 0 Å². The number of H-pyrrole nitrogens is 1. The number of furan rings is 1. The number of pyridine rings is 1. The first kappa shape index (κ1) is 17.4. The lowest BCUT2D eigenvalue weighted by molar-refractivity contribution is 0.306. The van der Waals surface area contributed by atoms with E-state index in [0.717, 1.165) is 59.3 Å². The normalized spacial score (nSPS) is 11.3. The number of unbranched alkanes of at least 4 members (excludes halogenated alkanes) is 1. The fraction of sp³-hybridized carbons (Fsp3) is 0.227. The standard InChI is InChI=1S/C22H22N2O3/c25-22-10-8-16-7-9-18(14-20(16)24-22)26-12-4-3-11-23-15-19-13-17-5-1-2-6-21(17)27-19/h1-2,5-10,13-14,23H,3-4,11-12,15H2,(H,24,25). The van der Waals surface area contributed by atoms with Crippen molar-refractivity contribution in [2.24, 2.45) is 0 Å². The minimum absolute atomic E-state index is 0.102. The first-order valence-electron chi connectivity index (χ1n) is 9.22. The Morgan fingerprint density at radius 1 is 0.963 bits per heavy atom. The van der Waals surface area contributed by atoms with Crippen LogP contribution < -0.4 is 15.6 Å². The zero-order valence-corrected chi connectivity index (χ0v) is 15.0. The van der Waals surface area contributed by atoms with Crippen LogP contribution in [0.25, 0.3) is 21.9 Å². The molecule has 0 aliphatic carbocycles. The van der Waals surface area contributed by atoms with Gasteiger partial charge in [0, 0.05) is 17.5 Å². The average Bonchev–Trinajstić information content (AvgIpc) is 3.09. The molecule has 0 fully saturated rings. The molecule has 0 aliphatic rings. The van der Waals surface area contributed by atoms with Crippen LogP contribution in [0.15, 0.2) is 69.9 Å². The fourth-order valence-corrected chi connectivity index (χ4v) is 3.10. The Morgan fingerprint density at radius 3 is 2.78 bits per heavy atom. The molecule has 0 spiro atoms. The number of rotatable bonds is 8. The average molecular weight is 362 g/mol. The maximum Gasteiger partial charge on any atom is 0.248 e. The number of hydrogen-bond donors (Lipinski definition) is 2. The van der Waals surface area contributed by atoms with Crippen LogP contribution in [-0.4, -0.2) is 18.1 Å². The first-order chi connectivity index (χ1) is 13.3. The van der Waals surface area contributed by atoms with Crippen molar-refractivity contribution < 1.29 is 9.15 Å². The van der Waals surface area contributed by atoms with E-state index in [1.54, 1.807) is 0 Å². The van der Waals surface area contributed by atoms with Crippen LogP contribution in [0.3, 0.4) is 0 Å². The van der Waals surface area contributed by atoms with Gasteiger partial charge in [0.1, 0.15) is 17.1 Å². The van der Waals surface area contributed by atoms with E-state index >= 15 is 0 Å². The van der Waals surface area contributed by atoms with Gasteiger partial charge in [-0.05, 0) is 55.1 Å². The van der Waals surface area contributed by atoms with Crippen LogP contribution in [-0.2, 0) is 6.54 Å². The Labute approximate surface area is 157 Å². The molecule has 0 unspecified atom stereocenters. The molecule has 4 rings (SSSR count). The maximum atomic E-state index is 11.4. The number of fused-ring (bicyclic) bond motifs is 2. The van der Waals surface area contributed by atoms with Crippen molar-refractivity contribution in [3.8, 4) is 5.75 Å². The summed E-state index contributed by atoms with van der Waals surface area (Å²) < 4.78 is 11.6. The zero-order chi connectivity index (χ0) is 18.5. The predicted molar refractivity (Wildman–Crippen MR) is 107 cm³/mol. The summed E-state index contributed by atoms with van der Waals surface area (Å²) >= 11 is 0. The number of hydrogen-bond acceptors (Lipinski definition) is 4. The van der Waals surface area contributed by atoms with Gasteiger partial charge in [-0.25, -0.2) is 0 Å². The van der Waals surface area contributed by atoms with Gasteiger partial charge in [-0.3, -0.25) is 4.79 Å². The third kappa shape index (κ3) is 4.38. The summed E-state index contributed by atoms with van der Waals surface area (Å²) in [5.74, 6) is 1.73. The summed E-state index contributed by atoms with van der Waals surface area (Å²) in [6.07, 6.45) is 1.97. The van der Waals surface area contributed by atoms with Crippen molar-refractivity contribution in [1.29, 1.82) is 0 Å². The second kappa shape index (κ2) is 8.10. The van der Waals surface area contributed by atoms with Crippen LogP contribution in [0.2, 0.25) is 0 Å². The van der Waals surface area contributed by atoms with Gasteiger partial charge in [0.15, 0.2) is 0 Å². The molecular formula is C22H22N2O3. The minimum atomic E-state index is -0.102. The number of nitrogens with one attached hydrogen (secondary N) is 2. The van der Waals surface area contributed by atoms with Crippen LogP contribution in [0.4, 0.5) is 0 Å². The molecule has 0 bridgehead atoms. The lowest BCUT2D eigenvalue weighted by Gasteiger charge is -2.07. The third-order valence-electron chi connectivity index (χ3n) is 4.49. The van der Waals surface area contributed by atoms with Gasteiger partial charge in [0.25, 0.3) is 0 Å². The predicted octanol–water partition coefficient (Wildman–Crippen LogP) is 4.22. The monoisotopic (exact) mass is 362 g/mol. The lowest BCUT2D eigenvalue weighted by atomic mass is 10.2. The Hall–Kier alpha value is -3.05. The maximum absolute atomic E-state index is 11.4. The highest BCUT2D eigenvalue weighted by Gasteiger charge is 2.02. The van der Waals surface area contributed by atoms with Gasteiger partial charge in [0.05, 0.1) is 18.7 Å². The third-order valence-corrected chi connectivity index (χ3v) is 4.49. The largest absolute Gasteiger partial charge is 0.494 e. The van der Waals surface area contributed by atoms with E-state index in [2.05, 4.69) is 22.4 Å². The van der Waals surface area contributed by atoms with Gasteiger partial charge in [-0.15, -0.1) is 0 Å². The number of aromatic nitrogens is 1. The molecule has 4 aromatic rings. The van der Waals surface area contributed by atoms with Crippen LogP contribution >= 0.6 is 0 Å². The highest BCUT2D eigenvalue weighted by Crippen LogP contribution is 2.19. The molecule has 0 radical (unpaired) electrons. The highest BCUT2D eigenvalue weighted by molar-refractivity contribution is 5.79. The molecule has 5 nitrogen and oxygen atoms in total. The van der Waals surface area contributed by atoms with Crippen LogP contribution in [0.1, 0.15) is 18.6 Å². The van der Waals surface area contributed by atoms with Crippen molar-refractivity contribution in [2.45, 2.75) is 19.4 Å². The summed E-state index contributed by atoms with van der Waals surface area (Å²) in [6, 6.07) is 19.2. The van der Waals surface area contributed by atoms with E-state index in [1.165, 1.54) is 6.07 Å². The van der Waals surface area contributed by atoms with E-state index in [4.69, 9.17) is 9.15 Å². The Morgan fingerprint density at radius 2 is 1.85 bits per heavy atom. The second-order valence-corrected chi connectivity index (χ2v) is 6.55. The van der Waals surface area contributed by atoms with Gasteiger partial charge in [0.2, 0.25) is 5.56 Å². The summed E-state index contributed by atoms with van der Waals surface area (Å²) in [7, 11) is 0. The topological polar surface area (TPSA) is 67.3 Å². The molecule has 0 aliphatic heterocycles. The molecule has 2 aromatic carbocycles.